The largest absolute Gasteiger partial charge is 0.496 e. The van der Waals surface area contributed by atoms with Crippen LogP contribution >= 0.6 is 11.3 Å². The molecule has 1 aromatic heterocycles. The standard InChI is InChI=1S/C17H16O4S/c1-12(18)13-5-7-16(20-2)14(10-13)11-21-17(19)8-6-15-4-3-9-22-15/h3-10H,11H2,1-2H3. The number of hydrogen-bond acceptors (Lipinski definition) is 5. The molecule has 0 fully saturated rings. The van der Waals surface area contributed by atoms with Gasteiger partial charge in [0.15, 0.2) is 5.78 Å². The third-order valence-electron chi connectivity index (χ3n) is 2.98. The lowest BCUT2D eigenvalue weighted by Crippen LogP contribution is -2.04. The van der Waals surface area contributed by atoms with Crippen LogP contribution in [-0.4, -0.2) is 18.9 Å². The number of methoxy groups -OCH3 is 1. The number of rotatable bonds is 6. The third-order valence-corrected chi connectivity index (χ3v) is 3.82. The van der Waals surface area contributed by atoms with Crippen LogP contribution < -0.4 is 4.74 Å². The average molecular weight is 316 g/mol. The van der Waals surface area contributed by atoms with E-state index in [0.29, 0.717) is 16.9 Å². The molecule has 0 aliphatic carbocycles. The maximum absolute atomic E-state index is 11.7. The van der Waals surface area contributed by atoms with Crippen molar-refractivity contribution in [1.29, 1.82) is 0 Å². The van der Waals surface area contributed by atoms with Gasteiger partial charge in [0, 0.05) is 22.1 Å². The topological polar surface area (TPSA) is 52.6 Å². The van der Waals surface area contributed by atoms with E-state index in [1.54, 1.807) is 24.3 Å². The van der Waals surface area contributed by atoms with Crippen LogP contribution in [0.15, 0.2) is 41.8 Å². The number of ether oxygens (including phenoxy) is 2. The van der Waals surface area contributed by atoms with E-state index in [1.165, 1.54) is 31.4 Å². The molecule has 0 amide bonds. The minimum absolute atomic E-state index is 0.0483. The Kier molecular flexibility index (Phi) is 5.49. The normalized spacial score (nSPS) is 10.6. The summed E-state index contributed by atoms with van der Waals surface area (Å²) in [5.41, 5.74) is 1.22. The Balaban J connectivity index is 2.02. The fourth-order valence-electron chi connectivity index (χ4n) is 1.84. The van der Waals surface area contributed by atoms with E-state index >= 15 is 0 Å². The van der Waals surface area contributed by atoms with Gasteiger partial charge in [0.2, 0.25) is 0 Å². The number of ketones is 1. The molecular weight excluding hydrogens is 300 g/mol. The number of carbonyl (C=O) groups is 2. The van der Waals surface area contributed by atoms with Gasteiger partial charge in [-0.1, -0.05) is 6.07 Å². The molecule has 0 aliphatic heterocycles. The second-order valence-corrected chi connectivity index (χ2v) is 5.52. The summed E-state index contributed by atoms with van der Waals surface area (Å²) < 4.78 is 10.4. The minimum atomic E-state index is -0.441. The Morgan fingerprint density at radius 1 is 1.27 bits per heavy atom. The van der Waals surface area contributed by atoms with Crippen molar-refractivity contribution in [2.45, 2.75) is 13.5 Å². The van der Waals surface area contributed by atoms with Gasteiger partial charge in [0.25, 0.3) is 0 Å². The van der Waals surface area contributed by atoms with E-state index in [1.807, 2.05) is 17.5 Å². The van der Waals surface area contributed by atoms with E-state index in [-0.39, 0.29) is 12.4 Å². The zero-order valence-electron chi connectivity index (χ0n) is 12.4. The van der Waals surface area contributed by atoms with E-state index in [0.717, 1.165) is 4.88 Å². The maximum Gasteiger partial charge on any atom is 0.331 e. The van der Waals surface area contributed by atoms with Crippen molar-refractivity contribution < 1.29 is 19.1 Å². The molecule has 0 N–H and O–H groups in total. The summed E-state index contributed by atoms with van der Waals surface area (Å²) in [7, 11) is 1.53. The quantitative estimate of drug-likeness (QED) is 0.463. The van der Waals surface area contributed by atoms with Crippen molar-refractivity contribution in [3.63, 3.8) is 0 Å². The Morgan fingerprint density at radius 2 is 2.09 bits per heavy atom. The van der Waals surface area contributed by atoms with Gasteiger partial charge in [0.05, 0.1) is 7.11 Å². The Morgan fingerprint density at radius 3 is 2.73 bits per heavy atom. The zero-order valence-corrected chi connectivity index (χ0v) is 13.2. The van der Waals surface area contributed by atoms with Gasteiger partial charge < -0.3 is 9.47 Å². The molecule has 1 heterocycles. The highest BCUT2D eigenvalue weighted by molar-refractivity contribution is 7.10. The molecule has 0 bridgehead atoms. The molecule has 114 valence electrons. The summed E-state index contributed by atoms with van der Waals surface area (Å²) >= 11 is 1.54. The second kappa shape index (κ2) is 7.56. The molecule has 2 rings (SSSR count). The second-order valence-electron chi connectivity index (χ2n) is 4.54. The first kappa shape index (κ1) is 16.0. The van der Waals surface area contributed by atoms with Crippen LogP contribution in [0.2, 0.25) is 0 Å². The zero-order chi connectivity index (χ0) is 15.9. The molecule has 0 atom stereocenters. The first-order valence-electron chi connectivity index (χ1n) is 6.66. The van der Waals surface area contributed by atoms with Gasteiger partial charge in [-0.05, 0) is 42.6 Å². The molecule has 0 radical (unpaired) electrons. The number of hydrogen-bond donors (Lipinski definition) is 0. The third kappa shape index (κ3) is 4.30. The SMILES string of the molecule is COc1ccc(C(C)=O)cc1COC(=O)C=Cc1cccs1. The van der Waals surface area contributed by atoms with Crippen LogP contribution in [0.25, 0.3) is 6.08 Å². The fourth-order valence-corrected chi connectivity index (χ4v) is 2.46. The van der Waals surface area contributed by atoms with Crippen molar-refractivity contribution >= 4 is 29.2 Å². The van der Waals surface area contributed by atoms with Crippen LogP contribution in [0.4, 0.5) is 0 Å². The van der Waals surface area contributed by atoms with Crippen molar-refractivity contribution in [3.05, 3.63) is 57.8 Å². The van der Waals surface area contributed by atoms with Gasteiger partial charge >= 0.3 is 5.97 Å². The van der Waals surface area contributed by atoms with Gasteiger partial charge in [-0.25, -0.2) is 4.79 Å². The average Bonchev–Trinajstić information content (AvgIpc) is 3.03. The molecule has 0 spiro atoms. The first-order chi connectivity index (χ1) is 10.6. The van der Waals surface area contributed by atoms with Crippen LogP contribution in [0.1, 0.15) is 27.7 Å². The predicted molar refractivity (Wildman–Crippen MR) is 86.1 cm³/mol. The van der Waals surface area contributed by atoms with Crippen molar-refractivity contribution in [3.8, 4) is 5.75 Å². The van der Waals surface area contributed by atoms with Gasteiger partial charge in [-0.15, -0.1) is 11.3 Å². The van der Waals surface area contributed by atoms with Crippen LogP contribution in [0.5, 0.6) is 5.75 Å². The van der Waals surface area contributed by atoms with Crippen molar-refractivity contribution in [2.24, 2.45) is 0 Å². The van der Waals surface area contributed by atoms with Crippen LogP contribution in [0.3, 0.4) is 0 Å². The van der Waals surface area contributed by atoms with Crippen LogP contribution in [-0.2, 0) is 16.1 Å². The molecular formula is C17H16O4S. The summed E-state index contributed by atoms with van der Waals surface area (Å²) in [4.78, 5) is 24.1. The molecule has 0 saturated heterocycles. The van der Waals surface area contributed by atoms with Gasteiger partial charge in [0.1, 0.15) is 12.4 Å². The first-order valence-corrected chi connectivity index (χ1v) is 7.54. The Bertz CT molecular complexity index is 687. The lowest BCUT2D eigenvalue weighted by Gasteiger charge is -2.09. The number of benzene rings is 1. The number of thiophene rings is 1. The lowest BCUT2D eigenvalue weighted by atomic mass is 10.1. The van der Waals surface area contributed by atoms with E-state index in [4.69, 9.17) is 9.47 Å². The Hall–Kier alpha value is -2.40. The minimum Gasteiger partial charge on any atom is -0.496 e. The monoisotopic (exact) mass is 316 g/mol. The van der Waals surface area contributed by atoms with Crippen molar-refractivity contribution in [1.82, 2.24) is 0 Å². The summed E-state index contributed by atoms with van der Waals surface area (Å²) in [5, 5.41) is 1.93. The molecule has 0 saturated carbocycles. The number of Topliss-reactive ketones (excluding diaryl/α,β-unsaturated/α-hetero) is 1. The van der Waals surface area contributed by atoms with Gasteiger partial charge in [-0.2, -0.15) is 0 Å². The summed E-state index contributed by atoms with van der Waals surface area (Å²) in [6.07, 6.45) is 3.09. The molecule has 5 heteroatoms. The lowest BCUT2D eigenvalue weighted by molar-refractivity contribution is -0.138. The van der Waals surface area contributed by atoms with Crippen LogP contribution in [0, 0.1) is 0 Å². The van der Waals surface area contributed by atoms with Crippen molar-refractivity contribution in [2.75, 3.05) is 7.11 Å². The maximum atomic E-state index is 11.7. The highest BCUT2D eigenvalue weighted by Crippen LogP contribution is 2.21. The molecule has 22 heavy (non-hydrogen) atoms. The molecule has 1 aromatic carbocycles. The molecule has 4 nitrogen and oxygen atoms in total. The summed E-state index contributed by atoms with van der Waals surface area (Å²) in [6, 6.07) is 8.88. The molecule has 0 unspecified atom stereocenters. The summed E-state index contributed by atoms with van der Waals surface area (Å²) in [6.45, 7) is 1.54. The highest BCUT2D eigenvalue weighted by Gasteiger charge is 2.09. The highest BCUT2D eigenvalue weighted by atomic mass is 32.1. The number of carbonyl (C=O) groups excluding carboxylic acids is 2. The van der Waals surface area contributed by atoms with E-state index < -0.39 is 5.97 Å². The number of esters is 1. The van der Waals surface area contributed by atoms with E-state index in [9.17, 15) is 9.59 Å². The Labute approximate surface area is 133 Å². The predicted octanol–water partition coefficient (Wildman–Crippen LogP) is 3.72. The van der Waals surface area contributed by atoms with E-state index in [2.05, 4.69) is 0 Å². The molecule has 2 aromatic rings. The summed E-state index contributed by atoms with van der Waals surface area (Å²) in [5.74, 6) is 0.0940. The van der Waals surface area contributed by atoms with Gasteiger partial charge in [-0.3, -0.25) is 4.79 Å². The fraction of sp³-hybridized carbons (Fsp3) is 0.176. The molecule has 0 aliphatic rings. The smallest absolute Gasteiger partial charge is 0.331 e.